The summed E-state index contributed by atoms with van der Waals surface area (Å²) in [7, 11) is 0. The third-order valence-corrected chi connectivity index (χ3v) is 5.99. The van der Waals surface area contributed by atoms with Gasteiger partial charge in [-0.2, -0.15) is 8.78 Å². The van der Waals surface area contributed by atoms with Crippen LogP contribution in [0.15, 0.2) is 47.1 Å². The minimum atomic E-state index is -3.12. The lowest BCUT2D eigenvalue weighted by Crippen LogP contribution is -2.32. The Bertz CT molecular complexity index is 1420. The van der Waals surface area contributed by atoms with E-state index in [1.54, 1.807) is 0 Å². The molecule has 2 N–H and O–H groups in total. The molecular weight excluding hydrogens is 527 g/mol. The summed E-state index contributed by atoms with van der Waals surface area (Å²) < 4.78 is 36.1. The number of hydrogen-bond donors (Lipinski definition) is 1. The molecular formula is C23H16Cl3F2N3O4. The largest absolute Gasteiger partial charge is 0.452 e. The Kier molecular flexibility index (Phi) is 7.30. The van der Waals surface area contributed by atoms with Crippen molar-refractivity contribution in [1.29, 1.82) is 0 Å². The van der Waals surface area contributed by atoms with Gasteiger partial charge in [0.2, 0.25) is 5.91 Å². The standard InChI is InChI=1S/C23H16Cl3F2N3O4/c24-6-1-7-31(19-14(25)9-30-10-15(19)26)22(33)11-2-4-16-13(8-11)18-12(21(29)32)3-5-17(20(18)34-16)35-23(27)28/h2-5,8-10,23H,1,6-7H2,(H2,29,32). The number of aromatic nitrogens is 1. The van der Waals surface area contributed by atoms with Gasteiger partial charge in [0.25, 0.3) is 5.91 Å². The Morgan fingerprint density at radius 3 is 2.49 bits per heavy atom. The van der Waals surface area contributed by atoms with E-state index in [1.807, 2.05) is 0 Å². The lowest BCUT2D eigenvalue weighted by Gasteiger charge is -2.24. The number of amides is 2. The minimum Gasteiger partial charge on any atom is -0.452 e. The highest BCUT2D eigenvalue weighted by atomic mass is 35.5. The van der Waals surface area contributed by atoms with Crippen LogP contribution in [-0.4, -0.2) is 35.8 Å². The molecule has 0 aliphatic heterocycles. The van der Waals surface area contributed by atoms with Crippen LogP contribution in [0.2, 0.25) is 10.0 Å². The van der Waals surface area contributed by atoms with Crippen LogP contribution in [0.3, 0.4) is 0 Å². The van der Waals surface area contributed by atoms with Gasteiger partial charge in [0, 0.05) is 41.2 Å². The number of fused-ring (bicyclic) bond motifs is 3. The van der Waals surface area contributed by atoms with Crippen LogP contribution >= 0.6 is 34.8 Å². The van der Waals surface area contributed by atoms with Crippen molar-refractivity contribution in [1.82, 2.24) is 4.98 Å². The Hall–Kier alpha value is -3.14. The molecule has 0 saturated heterocycles. The number of benzene rings is 2. The lowest BCUT2D eigenvalue weighted by atomic mass is 10.0. The molecule has 2 heterocycles. The number of primary amides is 1. The van der Waals surface area contributed by atoms with Gasteiger partial charge in [-0.25, -0.2) is 0 Å². The summed E-state index contributed by atoms with van der Waals surface area (Å²) in [6.45, 7) is -2.91. The Labute approximate surface area is 212 Å². The molecule has 0 aliphatic carbocycles. The van der Waals surface area contributed by atoms with Crippen LogP contribution in [0.4, 0.5) is 14.5 Å². The molecule has 4 aromatic rings. The van der Waals surface area contributed by atoms with E-state index in [2.05, 4.69) is 9.72 Å². The van der Waals surface area contributed by atoms with Gasteiger partial charge in [-0.1, -0.05) is 23.2 Å². The first-order chi connectivity index (χ1) is 16.7. The number of anilines is 1. The predicted molar refractivity (Wildman–Crippen MR) is 130 cm³/mol. The van der Waals surface area contributed by atoms with Crippen LogP contribution in [0, 0.1) is 0 Å². The van der Waals surface area contributed by atoms with E-state index in [4.69, 9.17) is 45.0 Å². The van der Waals surface area contributed by atoms with Gasteiger partial charge in [-0.3, -0.25) is 14.6 Å². The molecule has 182 valence electrons. The van der Waals surface area contributed by atoms with Crippen molar-refractivity contribution in [3.05, 3.63) is 63.9 Å². The summed E-state index contributed by atoms with van der Waals surface area (Å²) in [4.78, 5) is 30.9. The molecule has 0 fully saturated rings. The molecule has 7 nitrogen and oxygen atoms in total. The molecule has 0 unspecified atom stereocenters. The van der Waals surface area contributed by atoms with E-state index in [0.717, 1.165) is 0 Å². The molecule has 0 radical (unpaired) electrons. The third kappa shape index (κ3) is 4.84. The zero-order valence-corrected chi connectivity index (χ0v) is 20.0. The van der Waals surface area contributed by atoms with Crippen LogP contribution in [-0.2, 0) is 0 Å². The van der Waals surface area contributed by atoms with Gasteiger partial charge in [0.15, 0.2) is 11.3 Å². The monoisotopic (exact) mass is 541 g/mol. The zero-order valence-electron chi connectivity index (χ0n) is 17.7. The van der Waals surface area contributed by atoms with Crippen molar-refractivity contribution in [2.24, 2.45) is 5.73 Å². The molecule has 0 atom stereocenters. The Morgan fingerprint density at radius 1 is 1.14 bits per heavy atom. The average molecular weight is 543 g/mol. The van der Waals surface area contributed by atoms with E-state index in [1.165, 1.54) is 47.6 Å². The second-order valence-corrected chi connectivity index (χ2v) is 8.51. The summed E-state index contributed by atoms with van der Waals surface area (Å²) >= 11 is 18.4. The molecule has 2 amide bonds. The highest BCUT2D eigenvalue weighted by molar-refractivity contribution is 6.40. The number of hydrogen-bond acceptors (Lipinski definition) is 5. The number of rotatable bonds is 8. The lowest BCUT2D eigenvalue weighted by molar-refractivity contribution is -0.0493. The van der Waals surface area contributed by atoms with Gasteiger partial charge in [0.1, 0.15) is 5.58 Å². The molecule has 0 spiro atoms. The Balaban J connectivity index is 1.89. The molecule has 2 aromatic heterocycles. The van der Waals surface area contributed by atoms with Gasteiger partial charge >= 0.3 is 6.61 Å². The molecule has 0 saturated carbocycles. The fourth-order valence-corrected chi connectivity index (χ4v) is 4.42. The minimum absolute atomic E-state index is 0.0178. The van der Waals surface area contributed by atoms with Crippen LogP contribution < -0.4 is 15.4 Å². The normalized spacial score (nSPS) is 11.4. The highest BCUT2D eigenvalue weighted by Crippen LogP contribution is 2.39. The summed E-state index contributed by atoms with van der Waals surface area (Å²) in [5.41, 5.74) is 6.11. The second-order valence-electron chi connectivity index (χ2n) is 7.32. The van der Waals surface area contributed by atoms with Crippen molar-refractivity contribution in [3.8, 4) is 5.75 Å². The van der Waals surface area contributed by atoms with Crippen LogP contribution in [0.1, 0.15) is 27.1 Å². The van der Waals surface area contributed by atoms with Crippen molar-refractivity contribution in [3.63, 3.8) is 0 Å². The number of alkyl halides is 3. The number of furan rings is 1. The number of carbonyl (C=O) groups excluding carboxylic acids is 2. The van der Waals surface area contributed by atoms with Gasteiger partial charge in [-0.05, 0) is 36.8 Å². The number of nitrogens with zero attached hydrogens (tertiary/aromatic N) is 2. The first kappa shape index (κ1) is 25.0. The quantitative estimate of drug-likeness (QED) is 0.265. The first-order valence-electron chi connectivity index (χ1n) is 10.1. The third-order valence-electron chi connectivity index (χ3n) is 5.17. The SMILES string of the molecule is NC(=O)c1ccc(OC(F)F)c2oc3ccc(C(=O)N(CCCCl)c4c(Cl)cncc4Cl)cc3c12. The Morgan fingerprint density at radius 2 is 1.86 bits per heavy atom. The topological polar surface area (TPSA) is 98.7 Å². The van der Waals surface area contributed by atoms with E-state index in [0.29, 0.717) is 11.8 Å². The summed E-state index contributed by atoms with van der Waals surface area (Å²) in [6.07, 6.45) is 3.17. The highest BCUT2D eigenvalue weighted by Gasteiger charge is 2.25. The first-order valence-corrected chi connectivity index (χ1v) is 11.4. The maximum atomic E-state index is 13.6. The number of pyridine rings is 1. The van der Waals surface area contributed by atoms with Gasteiger partial charge in [-0.15, -0.1) is 11.6 Å². The van der Waals surface area contributed by atoms with Crippen LogP contribution in [0.25, 0.3) is 21.9 Å². The number of carbonyl (C=O) groups is 2. The maximum absolute atomic E-state index is 13.6. The summed E-state index contributed by atoms with van der Waals surface area (Å²) in [5.74, 6) is -1.27. The molecule has 0 aliphatic rings. The fourth-order valence-electron chi connectivity index (χ4n) is 3.73. The number of ether oxygens (including phenoxy) is 1. The summed E-state index contributed by atoms with van der Waals surface area (Å²) in [6, 6.07) is 6.87. The number of halogens is 5. The van der Waals surface area contributed by atoms with Crippen molar-refractivity contribution in [2.75, 3.05) is 17.3 Å². The van der Waals surface area contributed by atoms with Gasteiger partial charge in [0.05, 0.1) is 21.3 Å². The van der Waals surface area contributed by atoms with Crippen molar-refractivity contribution in [2.45, 2.75) is 13.0 Å². The van der Waals surface area contributed by atoms with Crippen molar-refractivity contribution >= 4 is 74.2 Å². The van der Waals surface area contributed by atoms with E-state index < -0.39 is 18.4 Å². The summed E-state index contributed by atoms with van der Waals surface area (Å²) in [5, 5.41) is 0.788. The molecule has 12 heteroatoms. The van der Waals surface area contributed by atoms with E-state index >= 15 is 0 Å². The molecule has 2 aromatic carbocycles. The maximum Gasteiger partial charge on any atom is 0.387 e. The molecule has 0 bridgehead atoms. The van der Waals surface area contributed by atoms with E-state index in [9.17, 15) is 18.4 Å². The average Bonchev–Trinajstić information content (AvgIpc) is 3.19. The number of nitrogens with two attached hydrogens (primary N) is 1. The predicted octanol–water partition coefficient (Wildman–Crippen LogP) is 6.26. The zero-order chi connectivity index (χ0) is 25.3. The fraction of sp³-hybridized carbons (Fsp3) is 0.174. The van der Waals surface area contributed by atoms with Crippen molar-refractivity contribution < 1.29 is 27.5 Å². The van der Waals surface area contributed by atoms with Crippen LogP contribution in [0.5, 0.6) is 5.75 Å². The smallest absolute Gasteiger partial charge is 0.387 e. The molecule has 4 rings (SSSR count). The molecule has 35 heavy (non-hydrogen) atoms. The van der Waals surface area contributed by atoms with E-state index in [-0.39, 0.29) is 61.6 Å². The second kappa shape index (κ2) is 10.2. The van der Waals surface area contributed by atoms with Gasteiger partial charge < -0.3 is 19.8 Å².